The first-order chi connectivity index (χ1) is 9.58. The molecule has 0 nitrogen and oxygen atoms in total. The molecule has 2 aliphatic rings. The van der Waals surface area contributed by atoms with Gasteiger partial charge in [0.25, 0.3) is 0 Å². The van der Waals surface area contributed by atoms with Crippen molar-refractivity contribution in [2.75, 3.05) is 0 Å². The fourth-order valence-corrected chi connectivity index (χ4v) is 11.8. The van der Waals surface area contributed by atoms with E-state index in [1.165, 1.54) is 23.1 Å². The third-order valence-corrected chi connectivity index (χ3v) is 12.3. The number of hydrogen-bond donors (Lipinski definition) is 0. The zero-order valence-electron chi connectivity index (χ0n) is 12.8. The number of allylic oxidation sites excluding steroid dienone is 6. The maximum absolute atomic E-state index is 2.56. The number of hydrogen-bond acceptors (Lipinski definition) is 0. The van der Waals surface area contributed by atoms with Gasteiger partial charge in [0.05, 0.1) is 0 Å². The minimum absolute atomic E-state index is 0.712. The molecule has 0 saturated heterocycles. The standard InChI is InChI=1S/C10H9.C6H7.C3H6.Zr/c1-8-6-7-9-4-2-3-5-10(8)9;1-6-4-2-3-5-6;1-3-2;/h2-7H,1H3;2,4H,5H2,1H3;1-2H3;. The Kier molecular flexibility index (Phi) is 3.91. The Morgan fingerprint density at radius 3 is 2.50 bits per heavy atom. The van der Waals surface area contributed by atoms with E-state index in [0.29, 0.717) is 3.63 Å². The Labute approximate surface area is 130 Å². The summed E-state index contributed by atoms with van der Waals surface area (Å²) < 4.78 is 4.20. The van der Waals surface area contributed by atoms with Gasteiger partial charge in [-0.15, -0.1) is 0 Å². The second kappa shape index (κ2) is 5.53. The van der Waals surface area contributed by atoms with Crippen LogP contribution in [0.1, 0.15) is 48.9 Å². The molecule has 0 aromatic heterocycles. The Hall–Kier alpha value is -0.807. The summed E-state index contributed by atoms with van der Waals surface area (Å²) in [6.45, 7) is 9.27. The number of rotatable bonds is 2. The molecule has 1 atom stereocenters. The summed E-state index contributed by atoms with van der Waals surface area (Å²) >= 11 is -1.75. The zero-order valence-corrected chi connectivity index (χ0v) is 15.3. The Balaban J connectivity index is 2.06. The molecule has 1 aromatic rings. The first-order valence-electron chi connectivity index (χ1n) is 7.39. The van der Waals surface area contributed by atoms with Crippen molar-refractivity contribution in [3.05, 3.63) is 62.5 Å². The fourth-order valence-electron chi connectivity index (χ4n) is 3.47. The minimum atomic E-state index is -1.75. The molecule has 0 aliphatic heterocycles. The summed E-state index contributed by atoms with van der Waals surface area (Å²) in [4.78, 5) is 0. The topological polar surface area (TPSA) is 0 Å². The predicted octanol–water partition coefficient (Wildman–Crippen LogP) is 5.21. The Morgan fingerprint density at radius 1 is 1.10 bits per heavy atom. The van der Waals surface area contributed by atoms with Crippen LogP contribution in [0.3, 0.4) is 0 Å². The van der Waals surface area contributed by atoms with Crippen molar-refractivity contribution in [2.24, 2.45) is 0 Å². The van der Waals surface area contributed by atoms with Gasteiger partial charge in [0.2, 0.25) is 0 Å². The molecule has 3 rings (SSSR count). The van der Waals surface area contributed by atoms with Crippen LogP contribution < -0.4 is 0 Å². The van der Waals surface area contributed by atoms with Gasteiger partial charge in [-0.25, -0.2) is 0 Å². The van der Waals surface area contributed by atoms with E-state index in [9.17, 15) is 0 Å². The second-order valence-electron chi connectivity index (χ2n) is 6.21. The van der Waals surface area contributed by atoms with Crippen LogP contribution in [0.2, 0.25) is 0 Å². The van der Waals surface area contributed by atoms with E-state index in [4.69, 9.17) is 0 Å². The molecule has 102 valence electrons. The summed E-state index contributed by atoms with van der Waals surface area (Å²) in [5, 5.41) is 0. The zero-order chi connectivity index (χ0) is 14.3. The van der Waals surface area contributed by atoms with E-state index < -0.39 is 21.3 Å². The van der Waals surface area contributed by atoms with Crippen LogP contribution in [-0.4, -0.2) is 3.21 Å². The average molecular weight is 342 g/mol. The molecule has 1 unspecified atom stereocenters. The van der Waals surface area contributed by atoms with Crippen LogP contribution in [0, 0.1) is 0 Å². The first kappa shape index (κ1) is 14.1. The third-order valence-electron chi connectivity index (χ3n) is 4.37. The van der Waals surface area contributed by atoms with Crippen molar-refractivity contribution in [1.29, 1.82) is 0 Å². The summed E-state index contributed by atoms with van der Waals surface area (Å²) in [7, 11) is 0. The molecule has 0 amide bonds. The molecule has 1 heteroatoms. The van der Waals surface area contributed by atoms with E-state index in [1.54, 1.807) is 12.1 Å². The van der Waals surface area contributed by atoms with Crippen molar-refractivity contribution in [2.45, 2.75) is 37.7 Å². The van der Waals surface area contributed by atoms with Gasteiger partial charge in [-0.1, -0.05) is 0 Å². The van der Waals surface area contributed by atoms with Crippen molar-refractivity contribution in [1.82, 2.24) is 0 Å². The van der Waals surface area contributed by atoms with Gasteiger partial charge in [-0.05, 0) is 0 Å². The average Bonchev–Trinajstić information content (AvgIpc) is 2.96. The van der Waals surface area contributed by atoms with Gasteiger partial charge < -0.3 is 0 Å². The molecule has 20 heavy (non-hydrogen) atoms. The monoisotopic (exact) mass is 340 g/mol. The second-order valence-corrected chi connectivity index (χ2v) is 13.8. The molecule has 0 bridgehead atoms. The van der Waals surface area contributed by atoms with Crippen LogP contribution in [0.25, 0.3) is 5.57 Å². The number of fused-ring (bicyclic) bond motifs is 1. The van der Waals surface area contributed by atoms with Crippen molar-refractivity contribution in [3.63, 3.8) is 0 Å². The van der Waals surface area contributed by atoms with Crippen molar-refractivity contribution in [3.8, 4) is 0 Å². The van der Waals surface area contributed by atoms with E-state index in [-0.39, 0.29) is 0 Å². The van der Waals surface area contributed by atoms with Gasteiger partial charge in [0.1, 0.15) is 0 Å². The quantitative estimate of drug-likeness (QED) is 0.693. The predicted molar refractivity (Wildman–Crippen MR) is 85.6 cm³/mol. The van der Waals surface area contributed by atoms with Gasteiger partial charge in [0.15, 0.2) is 0 Å². The van der Waals surface area contributed by atoms with Crippen LogP contribution in [-0.2, 0) is 21.3 Å². The van der Waals surface area contributed by atoms with Gasteiger partial charge in [-0.3, -0.25) is 0 Å². The molecule has 2 aliphatic carbocycles. The molecule has 0 N–H and O–H groups in total. The first-order valence-corrected chi connectivity index (χ1v) is 11.3. The molecule has 0 saturated carbocycles. The third kappa shape index (κ3) is 2.42. The van der Waals surface area contributed by atoms with Crippen molar-refractivity contribution < 1.29 is 21.3 Å². The summed E-state index contributed by atoms with van der Waals surface area (Å²) in [5.74, 6) is 0. The number of benzene rings is 1. The molecule has 1 aromatic carbocycles. The molecular formula is C19H22Zr. The normalized spacial score (nSPS) is 20.2. The van der Waals surface area contributed by atoms with Crippen LogP contribution in [0.15, 0.2) is 51.3 Å². The molecule has 0 heterocycles. The molecule has 0 radical (unpaired) electrons. The van der Waals surface area contributed by atoms with E-state index in [0.717, 1.165) is 0 Å². The van der Waals surface area contributed by atoms with Crippen LogP contribution >= 0.6 is 0 Å². The fraction of sp³-hybridized carbons (Fsp3) is 0.316. The van der Waals surface area contributed by atoms with Crippen LogP contribution in [0.5, 0.6) is 0 Å². The van der Waals surface area contributed by atoms with E-state index in [1.807, 2.05) is 0 Å². The van der Waals surface area contributed by atoms with Crippen molar-refractivity contribution >= 4 is 8.78 Å². The van der Waals surface area contributed by atoms with Crippen LogP contribution in [0.4, 0.5) is 0 Å². The van der Waals surface area contributed by atoms with E-state index in [2.05, 4.69) is 70.2 Å². The van der Waals surface area contributed by atoms with Gasteiger partial charge >= 0.3 is 130 Å². The summed E-state index contributed by atoms with van der Waals surface area (Å²) in [5.41, 5.74) is 6.09. The Bertz CT molecular complexity index is 679. The Morgan fingerprint density at radius 2 is 1.85 bits per heavy atom. The SMILES string of the molecule is CC1=CC=[C]([Zr](=[C](C)C)[CH]2C=C(C)c3ccccc32)C1. The summed E-state index contributed by atoms with van der Waals surface area (Å²) in [6, 6.07) is 9.02. The molecular weight excluding hydrogens is 319 g/mol. The van der Waals surface area contributed by atoms with Gasteiger partial charge in [0, 0.05) is 0 Å². The maximum atomic E-state index is 2.56. The summed E-state index contributed by atoms with van der Waals surface area (Å²) in [6.07, 6.45) is 8.55. The van der Waals surface area contributed by atoms with E-state index >= 15 is 0 Å². The van der Waals surface area contributed by atoms with Gasteiger partial charge in [-0.2, -0.15) is 0 Å². The molecule has 0 fully saturated rings. The molecule has 0 spiro atoms.